The van der Waals surface area contributed by atoms with E-state index in [0.29, 0.717) is 19.0 Å². The Labute approximate surface area is 155 Å². The fraction of sp³-hybridized carbons (Fsp3) is 0.778. The largest absolute Gasteiger partial charge is 0.349 e. The van der Waals surface area contributed by atoms with Crippen LogP contribution in [0.5, 0.6) is 0 Å². The second-order valence-electron chi connectivity index (χ2n) is 7.37. The molecule has 0 aliphatic carbocycles. The van der Waals surface area contributed by atoms with Gasteiger partial charge in [0.15, 0.2) is 11.4 Å². The number of hydrogen-bond acceptors (Lipinski definition) is 5. The van der Waals surface area contributed by atoms with Crippen molar-refractivity contribution in [3.63, 3.8) is 0 Å². The van der Waals surface area contributed by atoms with Gasteiger partial charge in [-0.05, 0) is 38.3 Å². The second-order valence-corrected chi connectivity index (χ2v) is 7.37. The molecule has 0 bridgehead atoms. The van der Waals surface area contributed by atoms with Gasteiger partial charge in [0.25, 0.3) is 11.8 Å². The number of amides is 2. The third-order valence-corrected chi connectivity index (χ3v) is 4.44. The predicted molar refractivity (Wildman–Crippen MR) is 100 cm³/mol. The van der Waals surface area contributed by atoms with E-state index in [1.54, 1.807) is 4.68 Å². The van der Waals surface area contributed by atoms with E-state index in [9.17, 15) is 9.59 Å². The Hall–Kier alpha value is -1.96. The van der Waals surface area contributed by atoms with Gasteiger partial charge >= 0.3 is 0 Å². The van der Waals surface area contributed by atoms with Crippen LogP contribution in [0.25, 0.3) is 0 Å². The molecule has 1 aromatic rings. The zero-order chi connectivity index (χ0) is 19.1. The van der Waals surface area contributed by atoms with Crippen molar-refractivity contribution >= 4 is 11.8 Å². The summed E-state index contributed by atoms with van der Waals surface area (Å²) < 4.78 is 1.56. The lowest BCUT2D eigenvalue weighted by atomic mass is 10.0. The van der Waals surface area contributed by atoms with Gasteiger partial charge < -0.3 is 15.5 Å². The van der Waals surface area contributed by atoms with Crippen molar-refractivity contribution in [3.05, 3.63) is 11.4 Å². The Kier molecular flexibility index (Phi) is 7.56. The Bertz CT molecular complexity index is 607. The van der Waals surface area contributed by atoms with E-state index in [2.05, 4.69) is 53.5 Å². The molecular formula is C18H32N6O2. The molecule has 2 amide bonds. The molecule has 26 heavy (non-hydrogen) atoms. The minimum atomic E-state index is -0.336. The summed E-state index contributed by atoms with van der Waals surface area (Å²) in [4.78, 5) is 27.2. The maximum absolute atomic E-state index is 12.5. The van der Waals surface area contributed by atoms with Crippen LogP contribution in [0, 0.1) is 5.92 Å². The molecule has 1 aromatic heterocycles. The summed E-state index contributed by atoms with van der Waals surface area (Å²) in [5.74, 6) is -0.130. The molecule has 2 heterocycles. The van der Waals surface area contributed by atoms with Crippen molar-refractivity contribution < 1.29 is 9.59 Å². The van der Waals surface area contributed by atoms with Gasteiger partial charge in [-0.1, -0.05) is 32.9 Å². The lowest BCUT2D eigenvalue weighted by Crippen LogP contribution is -2.46. The summed E-state index contributed by atoms with van der Waals surface area (Å²) in [6.45, 7) is 12.4. The Morgan fingerprint density at radius 3 is 2.62 bits per heavy atom. The zero-order valence-corrected chi connectivity index (χ0v) is 16.4. The summed E-state index contributed by atoms with van der Waals surface area (Å²) in [6.07, 6.45) is 3.05. The highest BCUT2D eigenvalue weighted by molar-refractivity contribution is 6.05. The average Bonchev–Trinajstić information content (AvgIpc) is 2.99. The molecule has 0 aromatic carbocycles. The second kappa shape index (κ2) is 9.66. The van der Waals surface area contributed by atoms with Gasteiger partial charge in [-0.2, -0.15) is 0 Å². The quantitative estimate of drug-likeness (QED) is 0.653. The Balaban J connectivity index is 1.95. The first-order valence-corrected chi connectivity index (χ1v) is 9.71. The maximum Gasteiger partial charge on any atom is 0.274 e. The Morgan fingerprint density at radius 2 is 2.00 bits per heavy atom. The molecule has 0 saturated heterocycles. The van der Waals surface area contributed by atoms with Crippen LogP contribution in [-0.2, 0) is 6.54 Å². The van der Waals surface area contributed by atoms with Crippen molar-refractivity contribution in [2.24, 2.45) is 5.92 Å². The third kappa shape index (κ3) is 5.27. The summed E-state index contributed by atoms with van der Waals surface area (Å²) in [5, 5.41) is 13.8. The molecule has 0 saturated carbocycles. The molecule has 0 fully saturated rings. The summed E-state index contributed by atoms with van der Waals surface area (Å²) in [7, 11) is 0. The zero-order valence-electron chi connectivity index (χ0n) is 16.4. The van der Waals surface area contributed by atoms with Crippen LogP contribution >= 0.6 is 0 Å². The van der Waals surface area contributed by atoms with E-state index in [1.165, 1.54) is 0 Å². The number of fused-ring (bicyclic) bond motifs is 1. The number of rotatable bonds is 10. The van der Waals surface area contributed by atoms with Gasteiger partial charge in [0.1, 0.15) is 0 Å². The topological polar surface area (TPSA) is 92.2 Å². The summed E-state index contributed by atoms with van der Waals surface area (Å²) >= 11 is 0. The highest BCUT2D eigenvalue weighted by Crippen LogP contribution is 2.16. The number of nitrogens with one attached hydrogen (secondary N) is 2. The molecule has 0 radical (unpaired) electrons. The van der Waals surface area contributed by atoms with Crippen molar-refractivity contribution in [1.29, 1.82) is 0 Å². The van der Waals surface area contributed by atoms with Crippen molar-refractivity contribution in [2.75, 3.05) is 26.2 Å². The SMILES string of the molecule is CCCN(CCC)CCNC(=O)c1nnn2c1C(=O)NC(CC(C)C)C2. The summed E-state index contributed by atoms with van der Waals surface area (Å²) in [5.41, 5.74) is 0.379. The third-order valence-electron chi connectivity index (χ3n) is 4.44. The smallest absolute Gasteiger partial charge is 0.274 e. The minimum absolute atomic E-state index is 0.0317. The molecule has 1 aliphatic heterocycles. The van der Waals surface area contributed by atoms with Crippen LogP contribution in [0.15, 0.2) is 0 Å². The van der Waals surface area contributed by atoms with Gasteiger partial charge in [-0.25, -0.2) is 4.68 Å². The van der Waals surface area contributed by atoms with Crippen molar-refractivity contribution in [1.82, 2.24) is 30.5 Å². The van der Waals surface area contributed by atoms with Crippen molar-refractivity contribution in [2.45, 2.75) is 59.5 Å². The molecule has 2 rings (SSSR count). The number of nitrogens with zero attached hydrogens (tertiary/aromatic N) is 4. The fourth-order valence-corrected chi connectivity index (χ4v) is 3.41. The molecule has 8 nitrogen and oxygen atoms in total. The van der Waals surface area contributed by atoms with Crippen LogP contribution in [0.2, 0.25) is 0 Å². The number of carbonyl (C=O) groups is 2. The fourth-order valence-electron chi connectivity index (χ4n) is 3.41. The molecule has 1 atom stereocenters. The van der Waals surface area contributed by atoms with E-state index in [1.807, 2.05) is 0 Å². The van der Waals surface area contributed by atoms with Gasteiger partial charge in [0.05, 0.1) is 6.54 Å². The molecule has 1 unspecified atom stereocenters. The van der Waals surface area contributed by atoms with E-state index in [-0.39, 0.29) is 29.2 Å². The van der Waals surface area contributed by atoms with E-state index in [0.717, 1.165) is 38.9 Å². The lowest BCUT2D eigenvalue weighted by molar-refractivity contribution is 0.0869. The van der Waals surface area contributed by atoms with Crippen molar-refractivity contribution in [3.8, 4) is 0 Å². The molecule has 2 N–H and O–H groups in total. The van der Waals surface area contributed by atoms with Gasteiger partial charge in [-0.15, -0.1) is 5.10 Å². The molecule has 146 valence electrons. The first kappa shape index (κ1) is 20.4. The molecule has 8 heteroatoms. The van der Waals surface area contributed by atoms with Crippen LogP contribution in [0.1, 0.15) is 67.9 Å². The van der Waals surface area contributed by atoms with E-state index < -0.39 is 0 Å². The maximum atomic E-state index is 12.5. The minimum Gasteiger partial charge on any atom is -0.349 e. The normalized spacial score (nSPS) is 16.7. The molecular weight excluding hydrogens is 332 g/mol. The predicted octanol–water partition coefficient (Wildman–Crippen LogP) is 1.29. The Morgan fingerprint density at radius 1 is 1.31 bits per heavy atom. The highest BCUT2D eigenvalue weighted by atomic mass is 16.2. The van der Waals surface area contributed by atoms with Gasteiger partial charge in [-0.3, -0.25) is 9.59 Å². The van der Waals surface area contributed by atoms with E-state index >= 15 is 0 Å². The van der Waals surface area contributed by atoms with Crippen LogP contribution < -0.4 is 10.6 Å². The first-order chi connectivity index (χ1) is 12.5. The van der Waals surface area contributed by atoms with Gasteiger partial charge in [0.2, 0.25) is 0 Å². The number of aromatic nitrogens is 3. The number of carbonyl (C=O) groups excluding carboxylic acids is 2. The van der Waals surface area contributed by atoms with E-state index in [4.69, 9.17) is 0 Å². The lowest BCUT2D eigenvalue weighted by Gasteiger charge is -2.25. The van der Waals surface area contributed by atoms with Gasteiger partial charge in [0, 0.05) is 19.1 Å². The average molecular weight is 364 g/mol. The van der Waals surface area contributed by atoms with Crippen LogP contribution in [0.4, 0.5) is 0 Å². The number of hydrogen-bond donors (Lipinski definition) is 2. The highest BCUT2D eigenvalue weighted by Gasteiger charge is 2.32. The van der Waals surface area contributed by atoms with Crippen LogP contribution in [-0.4, -0.2) is 63.9 Å². The van der Waals surface area contributed by atoms with Crippen LogP contribution in [0.3, 0.4) is 0 Å². The monoisotopic (exact) mass is 364 g/mol. The molecule has 0 spiro atoms. The summed E-state index contributed by atoms with van der Waals surface area (Å²) in [6, 6.07) is 0.0317. The first-order valence-electron chi connectivity index (χ1n) is 9.71. The standard InChI is InChI=1S/C18H32N6O2/c1-5-8-23(9-6-2)10-7-19-17(25)15-16-18(26)20-14(11-13(3)4)12-24(16)22-21-15/h13-14H,5-12H2,1-4H3,(H,19,25)(H,20,26). The molecule has 1 aliphatic rings.